The monoisotopic (exact) mass is 357 g/mol. The van der Waals surface area contributed by atoms with Crippen LogP contribution in [0.15, 0.2) is 18.2 Å². The number of fused-ring (bicyclic) bond motifs is 1. The van der Waals surface area contributed by atoms with E-state index in [1.807, 2.05) is 26.4 Å². The summed E-state index contributed by atoms with van der Waals surface area (Å²) < 4.78 is 12.0. The molecule has 0 amide bonds. The van der Waals surface area contributed by atoms with Gasteiger partial charge in [0.05, 0.1) is 12.2 Å². The highest BCUT2D eigenvalue weighted by atomic mass is 16.5. The summed E-state index contributed by atoms with van der Waals surface area (Å²) in [7, 11) is 3.72. The zero-order valence-corrected chi connectivity index (χ0v) is 16.0. The van der Waals surface area contributed by atoms with Crippen molar-refractivity contribution < 1.29 is 14.6 Å². The standard InChI is InChI=1S/C22H31NO3/c1-25-17-7-8-18-20-9-15-5-6-16(24)10-19(15)22(18,11-17)21(26-2)13-23(20)12-14-3-4-14/h5-6,10,14,17-18,20-21,24H,3-4,7-9,11-13H2,1-2H3/t17-,18+,20-,21?,22-/m1/s1. The number of likely N-dealkylation sites (tertiary alicyclic amines) is 1. The van der Waals surface area contributed by atoms with E-state index in [1.54, 1.807) is 0 Å². The lowest BCUT2D eigenvalue weighted by Crippen LogP contribution is -2.69. The van der Waals surface area contributed by atoms with Gasteiger partial charge in [0.15, 0.2) is 0 Å². The molecule has 4 aliphatic rings. The molecular formula is C22H31NO3. The minimum Gasteiger partial charge on any atom is -0.508 e. The molecular weight excluding hydrogens is 326 g/mol. The van der Waals surface area contributed by atoms with E-state index >= 15 is 0 Å². The van der Waals surface area contributed by atoms with Crippen molar-refractivity contribution in [3.05, 3.63) is 29.3 Å². The van der Waals surface area contributed by atoms with E-state index in [0.717, 1.165) is 31.7 Å². The number of rotatable bonds is 4. The van der Waals surface area contributed by atoms with E-state index < -0.39 is 0 Å². The molecule has 0 aromatic heterocycles. The number of methoxy groups -OCH3 is 2. The summed E-state index contributed by atoms with van der Waals surface area (Å²) in [6.07, 6.45) is 7.70. The summed E-state index contributed by atoms with van der Waals surface area (Å²) in [4.78, 5) is 2.75. The number of nitrogens with zero attached hydrogens (tertiary/aromatic N) is 1. The van der Waals surface area contributed by atoms with Crippen molar-refractivity contribution in [2.45, 2.75) is 62.2 Å². The van der Waals surface area contributed by atoms with E-state index in [2.05, 4.69) is 11.0 Å². The number of benzene rings is 1. The third-order valence-corrected chi connectivity index (χ3v) is 7.77. The van der Waals surface area contributed by atoms with Crippen LogP contribution in [-0.4, -0.2) is 55.6 Å². The molecule has 1 heterocycles. The van der Waals surface area contributed by atoms with Crippen LogP contribution in [0.25, 0.3) is 0 Å². The molecule has 2 bridgehead atoms. The Morgan fingerprint density at radius 3 is 2.73 bits per heavy atom. The van der Waals surface area contributed by atoms with Crippen LogP contribution in [0, 0.1) is 11.8 Å². The average Bonchev–Trinajstić information content (AvgIpc) is 3.47. The van der Waals surface area contributed by atoms with Crippen LogP contribution in [0.5, 0.6) is 5.75 Å². The fourth-order valence-electron chi connectivity index (χ4n) is 6.41. The van der Waals surface area contributed by atoms with E-state index in [9.17, 15) is 5.11 Å². The minimum atomic E-state index is -0.0231. The van der Waals surface area contributed by atoms with E-state index in [-0.39, 0.29) is 17.6 Å². The number of piperidine rings is 1. The van der Waals surface area contributed by atoms with Crippen LogP contribution in [-0.2, 0) is 21.3 Å². The van der Waals surface area contributed by atoms with Gasteiger partial charge in [-0.2, -0.15) is 0 Å². The lowest BCUT2D eigenvalue weighted by Gasteiger charge is -2.62. The first-order valence-corrected chi connectivity index (χ1v) is 10.3. The number of hydrogen-bond donors (Lipinski definition) is 1. The van der Waals surface area contributed by atoms with Gasteiger partial charge >= 0.3 is 0 Å². The number of phenols is 1. The highest BCUT2D eigenvalue weighted by molar-refractivity contribution is 5.46. The van der Waals surface area contributed by atoms with Crippen molar-refractivity contribution in [1.82, 2.24) is 4.90 Å². The van der Waals surface area contributed by atoms with Crippen LogP contribution < -0.4 is 0 Å². The maximum atomic E-state index is 10.3. The molecule has 5 rings (SSSR count). The molecule has 0 spiro atoms. The fourth-order valence-corrected chi connectivity index (χ4v) is 6.41. The van der Waals surface area contributed by atoms with Crippen LogP contribution in [0.3, 0.4) is 0 Å². The van der Waals surface area contributed by atoms with Crippen molar-refractivity contribution in [3.63, 3.8) is 0 Å². The third-order valence-electron chi connectivity index (χ3n) is 7.77. The predicted octanol–water partition coefficient (Wildman–Crippen LogP) is 3.11. The zero-order chi connectivity index (χ0) is 17.9. The smallest absolute Gasteiger partial charge is 0.115 e. The molecule has 4 heteroatoms. The molecule has 5 atom stereocenters. The van der Waals surface area contributed by atoms with E-state index in [0.29, 0.717) is 17.7 Å². The zero-order valence-electron chi connectivity index (χ0n) is 16.0. The molecule has 1 aromatic carbocycles. The summed E-state index contributed by atoms with van der Waals surface area (Å²) in [6.45, 7) is 2.25. The molecule has 142 valence electrons. The molecule has 0 radical (unpaired) electrons. The Morgan fingerprint density at radius 1 is 1.15 bits per heavy atom. The summed E-state index contributed by atoms with van der Waals surface area (Å²) in [5.74, 6) is 1.88. The van der Waals surface area contributed by atoms with Crippen molar-refractivity contribution in [2.24, 2.45) is 11.8 Å². The van der Waals surface area contributed by atoms with Crippen LogP contribution in [0.4, 0.5) is 0 Å². The second-order valence-electron chi connectivity index (χ2n) is 9.02. The number of ether oxygens (including phenoxy) is 2. The van der Waals surface area contributed by atoms with Gasteiger partial charge < -0.3 is 14.6 Å². The highest BCUT2D eigenvalue weighted by Gasteiger charge is 2.60. The molecule has 26 heavy (non-hydrogen) atoms. The largest absolute Gasteiger partial charge is 0.508 e. The van der Waals surface area contributed by atoms with Gasteiger partial charge in [0, 0.05) is 38.8 Å². The van der Waals surface area contributed by atoms with Gasteiger partial charge in [-0.15, -0.1) is 0 Å². The molecule has 1 aliphatic heterocycles. The third kappa shape index (κ3) is 2.45. The molecule has 1 saturated heterocycles. The summed E-state index contributed by atoms with van der Waals surface area (Å²) in [5.41, 5.74) is 2.71. The Labute approximate surface area is 156 Å². The Balaban J connectivity index is 1.63. The molecule has 3 fully saturated rings. The first kappa shape index (κ1) is 17.0. The predicted molar refractivity (Wildman–Crippen MR) is 101 cm³/mol. The average molecular weight is 357 g/mol. The summed E-state index contributed by atoms with van der Waals surface area (Å²) >= 11 is 0. The number of hydrogen-bond acceptors (Lipinski definition) is 4. The summed E-state index contributed by atoms with van der Waals surface area (Å²) in [6, 6.07) is 6.64. The Hall–Kier alpha value is -1.10. The van der Waals surface area contributed by atoms with Gasteiger partial charge in [-0.3, -0.25) is 4.90 Å². The first-order chi connectivity index (χ1) is 12.7. The lowest BCUT2D eigenvalue weighted by atomic mass is 9.50. The van der Waals surface area contributed by atoms with E-state index in [4.69, 9.17) is 9.47 Å². The van der Waals surface area contributed by atoms with Crippen molar-refractivity contribution in [2.75, 3.05) is 27.3 Å². The number of phenolic OH excluding ortho intramolecular Hbond substituents is 1. The molecule has 1 N–H and O–H groups in total. The fraction of sp³-hybridized carbons (Fsp3) is 0.727. The maximum absolute atomic E-state index is 10.3. The number of aromatic hydroxyl groups is 1. The van der Waals surface area contributed by atoms with Crippen molar-refractivity contribution in [3.8, 4) is 5.75 Å². The van der Waals surface area contributed by atoms with Crippen LogP contribution in [0.2, 0.25) is 0 Å². The Bertz CT molecular complexity index is 688. The summed E-state index contributed by atoms with van der Waals surface area (Å²) in [5, 5.41) is 10.3. The highest BCUT2D eigenvalue weighted by Crippen LogP contribution is 2.57. The van der Waals surface area contributed by atoms with E-state index in [1.165, 1.54) is 36.9 Å². The first-order valence-electron chi connectivity index (χ1n) is 10.3. The molecule has 1 unspecified atom stereocenters. The quantitative estimate of drug-likeness (QED) is 0.899. The van der Waals surface area contributed by atoms with Gasteiger partial charge in [0.25, 0.3) is 0 Å². The van der Waals surface area contributed by atoms with Crippen molar-refractivity contribution >= 4 is 0 Å². The molecule has 3 aliphatic carbocycles. The second kappa shape index (κ2) is 6.22. The molecule has 1 aromatic rings. The van der Waals surface area contributed by atoms with Crippen molar-refractivity contribution in [1.29, 1.82) is 0 Å². The van der Waals surface area contributed by atoms with Gasteiger partial charge in [-0.05, 0) is 73.6 Å². The maximum Gasteiger partial charge on any atom is 0.115 e. The Morgan fingerprint density at radius 2 is 2.00 bits per heavy atom. The van der Waals surface area contributed by atoms with Crippen LogP contribution >= 0.6 is 0 Å². The normalized spacial score (nSPS) is 39.3. The Kier molecular flexibility index (Phi) is 4.07. The topological polar surface area (TPSA) is 41.9 Å². The van der Waals surface area contributed by atoms with Gasteiger partial charge in [-0.1, -0.05) is 6.07 Å². The SMILES string of the molecule is COC1CN(CC2CC2)[C@@H]2Cc3ccc(O)cc3[C@]13C[C@H](OC)CC[C@@H]23. The minimum absolute atomic E-state index is 0.0231. The molecule has 4 nitrogen and oxygen atoms in total. The lowest BCUT2D eigenvalue weighted by molar-refractivity contribution is -0.137. The second-order valence-corrected chi connectivity index (χ2v) is 9.02. The van der Waals surface area contributed by atoms with Gasteiger partial charge in [0.1, 0.15) is 5.75 Å². The molecule has 2 saturated carbocycles. The van der Waals surface area contributed by atoms with Crippen LogP contribution in [0.1, 0.15) is 43.2 Å². The van der Waals surface area contributed by atoms with Gasteiger partial charge in [0.2, 0.25) is 0 Å². The van der Waals surface area contributed by atoms with Gasteiger partial charge in [-0.25, -0.2) is 0 Å².